The van der Waals surface area contributed by atoms with Crippen molar-refractivity contribution in [2.24, 2.45) is 0 Å². The first kappa shape index (κ1) is 16.2. The Balaban J connectivity index is 1.85. The van der Waals surface area contributed by atoms with Crippen LogP contribution in [0.3, 0.4) is 0 Å². The molecule has 0 atom stereocenters. The number of esters is 1. The molecule has 2 rings (SSSR count). The molecular formula is C19H22O3. The van der Waals surface area contributed by atoms with Gasteiger partial charge in [-0.25, -0.2) is 0 Å². The maximum absolute atomic E-state index is 11.9. The van der Waals surface area contributed by atoms with Gasteiger partial charge in [0.25, 0.3) is 0 Å². The van der Waals surface area contributed by atoms with Crippen LogP contribution in [0, 0.1) is 0 Å². The van der Waals surface area contributed by atoms with E-state index in [-0.39, 0.29) is 24.6 Å². The van der Waals surface area contributed by atoms with Gasteiger partial charge in [-0.2, -0.15) is 0 Å². The highest BCUT2D eigenvalue weighted by Gasteiger charge is 2.09. The molecule has 1 aliphatic carbocycles. The van der Waals surface area contributed by atoms with Crippen molar-refractivity contribution >= 4 is 17.3 Å². The van der Waals surface area contributed by atoms with E-state index in [2.05, 4.69) is 30.4 Å². The SMILES string of the molecule is CCOC(=O)CCC(=O)Cc1ccc(C2=CCCC=C2)cc1. The van der Waals surface area contributed by atoms with Gasteiger partial charge < -0.3 is 4.74 Å². The van der Waals surface area contributed by atoms with E-state index in [1.807, 2.05) is 12.1 Å². The Labute approximate surface area is 131 Å². The molecule has 0 fully saturated rings. The molecule has 0 bridgehead atoms. The summed E-state index contributed by atoms with van der Waals surface area (Å²) in [5, 5.41) is 0. The van der Waals surface area contributed by atoms with Crippen molar-refractivity contribution in [3.63, 3.8) is 0 Å². The first-order chi connectivity index (χ1) is 10.7. The summed E-state index contributed by atoms with van der Waals surface area (Å²) in [5.41, 5.74) is 3.41. The molecule has 3 heteroatoms. The third-order valence-corrected chi connectivity index (χ3v) is 3.60. The van der Waals surface area contributed by atoms with Gasteiger partial charge in [-0.15, -0.1) is 0 Å². The lowest BCUT2D eigenvalue weighted by Gasteiger charge is -2.08. The lowest BCUT2D eigenvalue weighted by atomic mass is 9.97. The number of rotatable bonds is 7. The van der Waals surface area contributed by atoms with Crippen molar-refractivity contribution in [2.75, 3.05) is 6.61 Å². The summed E-state index contributed by atoms with van der Waals surface area (Å²) in [6.07, 6.45) is 9.53. The van der Waals surface area contributed by atoms with Crippen molar-refractivity contribution in [1.29, 1.82) is 0 Å². The third kappa shape index (κ3) is 4.99. The molecule has 0 radical (unpaired) electrons. The Morgan fingerprint density at radius 3 is 2.50 bits per heavy atom. The van der Waals surface area contributed by atoms with Gasteiger partial charge in [0.1, 0.15) is 5.78 Å². The fourth-order valence-corrected chi connectivity index (χ4v) is 2.43. The van der Waals surface area contributed by atoms with E-state index >= 15 is 0 Å². The van der Waals surface area contributed by atoms with Crippen LogP contribution in [0.4, 0.5) is 0 Å². The largest absolute Gasteiger partial charge is 0.466 e. The topological polar surface area (TPSA) is 43.4 Å². The number of ether oxygens (including phenoxy) is 1. The van der Waals surface area contributed by atoms with E-state index in [0.717, 1.165) is 18.4 Å². The highest BCUT2D eigenvalue weighted by Crippen LogP contribution is 2.21. The molecule has 1 aromatic carbocycles. The number of benzene rings is 1. The molecule has 0 aromatic heterocycles. The fraction of sp³-hybridized carbons (Fsp3) is 0.368. The van der Waals surface area contributed by atoms with Crippen LogP contribution >= 0.6 is 0 Å². The first-order valence-corrected chi connectivity index (χ1v) is 7.82. The van der Waals surface area contributed by atoms with Crippen LogP contribution in [0.25, 0.3) is 5.57 Å². The molecular weight excluding hydrogens is 276 g/mol. The maximum atomic E-state index is 11.9. The quantitative estimate of drug-likeness (QED) is 0.718. The smallest absolute Gasteiger partial charge is 0.306 e. The molecule has 0 saturated carbocycles. The van der Waals surface area contributed by atoms with E-state index in [1.165, 1.54) is 11.1 Å². The van der Waals surface area contributed by atoms with Crippen LogP contribution in [-0.4, -0.2) is 18.4 Å². The average molecular weight is 298 g/mol. The Morgan fingerprint density at radius 2 is 1.86 bits per heavy atom. The molecule has 3 nitrogen and oxygen atoms in total. The highest BCUT2D eigenvalue weighted by atomic mass is 16.5. The maximum Gasteiger partial charge on any atom is 0.306 e. The van der Waals surface area contributed by atoms with Gasteiger partial charge in [0.05, 0.1) is 13.0 Å². The number of carbonyl (C=O) groups excluding carboxylic acids is 2. The van der Waals surface area contributed by atoms with E-state index in [4.69, 9.17) is 4.74 Å². The summed E-state index contributed by atoms with van der Waals surface area (Å²) in [7, 11) is 0. The predicted molar refractivity (Wildman–Crippen MR) is 87.4 cm³/mol. The van der Waals surface area contributed by atoms with E-state index in [1.54, 1.807) is 6.92 Å². The molecule has 0 aliphatic heterocycles. The zero-order chi connectivity index (χ0) is 15.8. The average Bonchev–Trinajstić information content (AvgIpc) is 2.55. The van der Waals surface area contributed by atoms with Gasteiger partial charge in [-0.1, -0.05) is 42.5 Å². The monoisotopic (exact) mass is 298 g/mol. The minimum atomic E-state index is -0.303. The third-order valence-electron chi connectivity index (χ3n) is 3.60. The van der Waals surface area contributed by atoms with Crippen molar-refractivity contribution in [1.82, 2.24) is 0 Å². The van der Waals surface area contributed by atoms with E-state index in [9.17, 15) is 9.59 Å². The fourth-order valence-electron chi connectivity index (χ4n) is 2.43. The van der Waals surface area contributed by atoms with Crippen molar-refractivity contribution < 1.29 is 14.3 Å². The Hall–Kier alpha value is -2.16. The minimum Gasteiger partial charge on any atom is -0.466 e. The number of carbonyl (C=O) groups is 2. The summed E-state index contributed by atoms with van der Waals surface area (Å²) in [6.45, 7) is 2.12. The summed E-state index contributed by atoms with van der Waals surface area (Å²) in [6, 6.07) is 8.08. The zero-order valence-corrected chi connectivity index (χ0v) is 13.0. The molecule has 1 aliphatic rings. The van der Waals surface area contributed by atoms with Crippen LogP contribution in [0.2, 0.25) is 0 Å². The van der Waals surface area contributed by atoms with Gasteiger partial charge in [0, 0.05) is 12.8 Å². The van der Waals surface area contributed by atoms with E-state index in [0.29, 0.717) is 13.0 Å². The van der Waals surface area contributed by atoms with Crippen molar-refractivity contribution in [3.05, 3.63) is 53.6 Å². The first-order valence-electron chi connectivity index (χ1n) is 7.82. The summed E-state index contributed by atoms with van der Waals surface area (Å²) >= 11 is 0. The second kappa shape index (κ2) is 8.32. The molecule has 1 aromatic rings. The molecule has 22 heavy (non-hydrogen) atoms. The van der Waals surface area contributed by atoms with E-state index < -0.39 is 0 Å². The molecule has 116 valence electrons. The lowest BCUT2D eigenvalue weighted by Crippen LogP contribution is -2.09. The molecule has 0 saturated heterocycles. The molecule has 0 spiro atoms. The lowest BCUT2D eigenvalue weighted by molar-refractivity contribution is -0.144. The van der Waals surface area contributed by atoms with Gasteiger partial charge >= 0.3 is 5.97 Å². The Morgan fingerprint density at radius 1 is 1.09 bits per heavy atom. The van der Waals surface area contributed by atoms with Gasteiger partial charge in [-0.05, 0) is 36.5 Å². The summed E-state index contributed by atoms with van der Waals surface area (Å²) < 4.78 is 4.82. The minimum absolute atomic E-state index is 0.0672. The number of ketones is 1. The number of allylic oxidation sites excluding steroid dienone is 4. The standard InChI is InChI=1S/C19H22O3/c1-2-22-19(21)13-12-18(20)14-15-8-10-17(11-9-15)16-6-4-3-5-7-16/h4,6-11H,2-3,5,12-14H2,1H3. The predicted octanol–water partition coefficient (Wildman–Crippen LogP) is 3.87. The zero-order valence-electron chi connectivity index (χ0n) is 13.0. The second-order valence-corrected chi connectivity index (χ2v) is 5.36. The highest BCUT2D eigenvalue weighted by molar-refractivity contribution is 5.84. The van der Waals surface area contributed by atoms with Gasteiger partial charge in [-0.3, -0.25) is 9.59 Å². The normalized spacial score (nSPS) is 13.6. The molecule has 0 heterocycles. The van der Waals surface area contributed by atoms with Crippen LogP contribution in [-0.2, 0) is 20.7 Å². The summed E-state index contributed by atoms with van der Waals surface area (Å²) in [5.74, 6) is -0.236. The molecule has 0 unspecified atom stereocenters. The van der Waals surface area contributed by atoms with Crippen molar-refractivity contribution in [2.45, 2.75) is 39.0 Å². The van der Waals surface area contributed by atoms with Crippen LogP contribution < -0.4 is 0 Å². The number of hydrogen-bond donors (Lipinski definition) is 0. The number of Topliss-reactive ketones (excluding diaryl/α,β-unsaturated/α-hetero) is 1. The number of hydrogen-bond acceptors (Lipinski definition) is 3. The molecule has 0 N–H and O–H groups in total. The molecule has 0 amide bonds. The van der Waals surface area contributed by atoms with Gasteiger partial charge in [0.15, 0.2) is 0 Å². The van der Waals surface area contributed by atoms with Crippen LogP contribution in [0.1, 0.15) is 43.7 Å². The van der Waals surface area contributed by atoms with Crippen LogP contribution in [0.15, 0.2) is 42.5 Å². The van der Waals surface area contributed by atoms with Crippen LogP contribution in [0.5, 0.6) is 0 Å². The Kier molecular flexibility index (Phi) is 6.13. The van der Waals surface area contributed by atoms with Gasteiger partial charge in [0.2, 0.25) is 0 Å². The summed E-state index contributed by atoms with van der Waals surface area (Å²) in [4.78, 5) is 23.1. The second-order valence-electron chi connectivity index (χ2n) is 5.36. The Bertz CT molecular complexity index is 579. The van der Waals surface area contributed by atoms with Crippen molar-refractivity contribution in [3.8, 4) is 0 Å².